The fourth-order valence-electron chi connectivity index (χ4n) is 2.09. The van der Waals surface area contributed by atoms with Gasteiger partial charge in [0.1, 0.15) is 0 Å². The predicted octanol–water partition coefficient (Wildman–Crippen LogP) is 1.80. The highest BCUT2D eigenvalue weighted by Crippen LogP contribution is 2.20. The van der Waals surface area contributed by atoms with Gasteiger partial charge in [0.15, 0.2) is 9.84 Å². The van der Waals surface area contributed by atoms with Crippen LogP contribution in [0, 0.1) is 10.1 Å². The molecule has 0 unspecified atom stereocenters. The Morgan fingerprint density at radius 2 is 1.81 bits per heavy atom. The highest BCUT2D eigenvalue weighted by Gasteiger charge is 2.16. The number of hydrogen-bond acceptors (Lipinski definition) is 6. The van der Waals surface area contributed by atoms with Crippen LogP contribution in [0.1, 0.15) is 12.0 Å². The topological polar surface area (TPSA) is 129 Å². The number of hydrogen-bond donors (Lipinski definition) is 1. The third-order valence-electron chi connectivity index (χ3n) is 3.50. The molecule has 0 saturated heterocycles. The van der Waals surface area contributed by atoms with Gasteiger partial charge in [-0.2, -0.15) is 0 Å². The van der Waals surface area contributed by atoms with Crippen molar-refractivity contribution < 1.29 is 23.2 Å². The molecule has 26 heavy (non-hydrogen) atoms. The standard InChI is InChI=1S/C16H15ClN2O6S/c17-12-1-4-14(5-2-12)26(24,25)8-7-16(21)18-10-11-9-13(19(22)23)3-6-15(11)20/h1-6,9,20H,7-8,10H2,(H,18,21)/p-1. The second-order valence-electron chi connectivity index (χ2n) is 5.35. The molecule has 0 aliphatic carbocycles. The van der Waals surface area contributed by atoms with E-state index in [4.69, 9.17) is 11.6 Å². The molecule has 138 valence electrons. The van der Waals surface area contributed by atoms with Gasteiger partial charge in [-0.05, 0) is 29.8 Å². The van der Waals surface area contributed by atoms with Crippen molar-refractivity contribution in [3.63, 3.8) is 0 Å². The fraction of sp³-hybridized carbons (Fsp3) is 0.188. The Labute approximate surface area is 154 Å². The Kier molecular flexibility index (Phi) is 6.17. The van der Waals surface area contributed by atoms with Crippen molar-refractivity contribution in [1.82, 2.24) is 5.32 Å². The maximum atomic E-state index is 12.1. The summed E-state index contributed by atoms with van der Waals surface area (Å²) in [7, 11) is -3.65. The summed E-state index contributed by atoms with van der Waals surface area (Å²) in [6.45, 7) is -0.222. The van der Waals surface area contributed by atoms with Crippen molar-refractivity contribution in [3.05, 3.63) is 63.2 Å². The number of nitro benzene ring substituents is 1. The van der Waals surface area contributed by atoms with E-state index in [0.717, 1.165) is 18.2 Å². The molecule has 0 atom stereocenters. The molecule has 1 N–H and O–H groups in total. The molecular formula is C16H14ClN2O6S-. The third-order valence-corrected chi connectivity index (χ3v) is 5.49. The van der Waals surface area contributed by atoms with Crippen molar-refractivity contribution in [2.24, 2.45) is 0 Å². The van der Waals surface area contributed by atoms with Gasteiger partial charge >= 0.3 is 0 Å². The number of carbonyl (C=O) groups is 1. The van der Waals surface area contributed by atoms with Crippen LogP contribution in [0.3, 0.4) is 0 Å². The Morgan fingerprint density at radius 3 is 2.42 bits per heavy atom. The minimum Gasteiger partial charge on any atom is -0.872 e. The quantitative estimate of drug-likeness (QED) is 0.560. The lowest BCUT2D eigenvalue weighted by molar-refractivity contribution is -0.385. The van der Waals surface area contributed by atoms with Gasteiger partial charge in [0.2, 0.25) is 5.91 Å². The molecule has 1 amide bonds. The Hall–Kier alpha value is -2.65. The van der Waals surface area contributed by atoms with Gasteiger partial charge in [-0.1, -0.05) is 17.7 Å². The lowest BCUT2D eigenvalue weighted by atomic mass is 10.1. The van der Waals surface area contributed by atoms with E-state index in [1.807, 2.05) is 0 Å². The number of carbonyl (C=O) groups excluding carboxylic acids is 1. The van der Waals surface area contributed by atoms with Crippen molar-refractivity contribution in [3.8, 4) is 5.75 Å². The Morgan fingerprint density at radius 1 is 1.15 bits per heavy atom. The average molecular weight is 398 g/mol. The first kappa shape index (κ1) is 19.7. The normalized spacial score (nSPS) is 11.1. The molecule has 2 aromatic carbocycles. The molecule has 0 bridgehead atoms. The average Bonchev–Trinajstić information content (AvgIpc) is 2.59. The molecule has 0 aromatic heterocycles. The molecule has 0 aliphatic heterocycles. The van der Waals surface area contributed by atoms with Crippen molar-refractivity contribution in [2.45, 2.75) is 17.9 Å². The van der Waals surface area contributed by atoms with E-state index in [1.54, 1.807) is 0 Å². The van der Waals surface area contributed by atoms with Gasteiger partial charge in [0.25, 0.3) is 5.69 Å². The zero-order valence-electron chi connectivity index (χ0n) is 13.3. The zero-order chi connectivity index (χ0) is 19.3. The van der Waals surface area contributed by atoms with Crippen LogP contribution in [0.5, 0.6) is 5.75 Å². The maximum absolute atomic E-state index is 12.1. The molecule has 0 fully saturated rings. The first-order valence-corrected chi connectivity index (χ1v) is 9.41. The molecule has 2 aromatic rings. The minimum atomic E-state index is -3.65. The smallest absolute Gasteiger partial charge is 0.269 e. The fourth-order valence-corrected chi connectivity index (χ4v) is 3.45. The summed E-state index contributed by atoms with van der Waals surface area (Å²) in [6, 6.07) is 8.77. The molecule has 8 nitrogen and oxygen atoms in total. The summed E-state index contributed by atoms with van der Waals surface area (Å²) in [5.74, 6) is -1.46. The second kappa shape index (κ2) is 8.15. The first-order valence-electron chi connectivity index (χ1n) is 7.38. The van der Waals surface area contributed by atoms with Crippen LogP contribution in [-0.2, 0) is 21.2 Å². The number of rotatable bonds is 7. The second-order valence-corrected chi connectivity index (χ2v) is 7.89. The molecule has 0 radical (unpaired) electrons. The minimum absolute atomic E-state index is 0.0492. The molecule has 10 heteroatoms. The van der Waals surface area contributed by atoms with Gasteiger partial charge in [0, 0.05) is 30.1 Å². The highest BCUT2D eigenvalue weighted by molar-refractivity contribution is 7.91. The van der Waals surface area contributed by atoms with E-state index in [1.165, 1.54) is 24.3 Å². The van der Waals surface area contributed by atoms with Gasteiger partial charge in [0.05, 0.1) is 15.6 Å². The number of nitro groups is 1. The SMILES string of the molecule is O=C(CCS(=O)(=O)c1ccc(Cl)cc1)NCc1cc([N+](=O)[O-])ccc1[O-]. The summed E-state index contributed by atoms with van der Waals surface area (Å²) >= 11 is 5.71. The largest absolute Gasteiger partial charge is 0.872 e. The molecule has 0 heterocycles. The number of nitrogens with one attached hydrogen (secondary N) is 1. The van der Waals surface area contributed by atoms with Crippen molar-refractivity contribution in [1.29, 1.82) is 0 Å². The molecular weight excluding hydrogens is 384 g/mol. The van der Waals surface area contributed by atoms with Crippen molar-refractivity contribution in [2.75, 3.05) is 5.75 Å². The third kappa shape index (κ3) is 5.17. The van der Waals surface area contributed by atoms with Gasteiger partial charge in [-0.15, -0.1) is 5.75 Å². The van der Waals surface area contributed by atoms with Crippen LogP contribution in [0.25, 0.3) is 0 Å². The van der Waals surface area contributed by atoms with E-state index in [9.17, 15) is 28.4 Å². The zero-order valence-corrected chi connectivity index (χ0v) is 14.9. The summed E-state index contributed by atoms with van der Waals surface area (Å²) in [6.07, 6.45) is -0.311. The van der Waals surface area contributed by atoms with Gasteiger partial charge < -0.3 is 10.4 Å². The molecule has 0 saturated carbocycles. The van der Waals surface area contributed by atoms with E-state index >= 15 is 0 Å². The summed E-state index contributed by atoms with van der Waals surface area (Å²) in [4.78, 5) is 22.0. The lowest BCUT2D eigenvalue weighted by Crippen LogP contribution is -2.25. The monoisotopic (exact) mass is 397 g/mol. The molecule has 0 aliphatic rings. The maximum Gasteiger partial charge on any atom is 0.269 e. The van der Waals surface area contributed by atoms with Gasteiger partial charge in [-0.3, -0.25) is 14.9 Å². The van der Waals surface area contributed by atoms with E-state index in [0.29, 0.717) is 5.02 Å². The first-order chi connectivity index (χ1) is 12.2. The summed E-state index contributed by atoms with van der Waals surface area (Å²) in [5, 5.41) is 25.2. The molecule has 0 spiro atoms. The van der Waals surface area contributed by atoms with Crippen LogP contribution in [0.4, 0.5) is 5.69 Å². The number of benzene rings is 2. The van der Waals surface area contributed by atoms with Crippen LogP contribution in [0.15, 0.2) is 47.4 Å². The van der Waals surface area contributed by atoms with Crippen LogP contribution >= 0.6 is 11.6 Å². The van der Waals surface area contributed by atoms with E-state index in [-0.39, 0.29) is 29.1 Å². The molecule has 2 rings (SSSR count). The van der Waals surface area contributed by atoms with Gasteiger partial charge in [-0.25, -0.2) is 8.42 Å². The Bertz CT molecular complexity index is 928. The van der Waals surface area contributed by atoms with E-state index in [2.05, 4.69) is 5.32 Å². The number of nitrogens with zero attached hydrogens (tertiary/aromatic N) is 1. The van der Waals surface area contributed by atoms with Crippen LogP contribution in [0.2, 0.25) is 5.02 Å². The number of halogens is 1. The van der Waals surface area contributed by atoms with Crippen molar-refractivity contribution >= 4 is 33.0 Å². The van der Waals surface area contributed by atoms with Crippen LogP contribution < -0.4 is 10.4 Å². The number of sulfone groups is 1. The highest BCUT2D eigenvalue weighted by atomic mass is 35.5. The summed E-state index contributed by atoms with van der Waals surface area (Å²) < 4.78 is 24.3. The van der Waals surface area contributed by atoms with Crippen LogP contribution in [-0.4, -0.2) is 25.0 Å². The predicted molar refractivity (Wildman–Crippen MR) is 92.5 cm³/mol. The number of amides is 1. The summed E-state index contributed by atoms with van der Waals surface area (Å²) in [5.41, 5.74) is -0.215. The van der Waals surface area contributed by atoms with E-state index < -0.39 is 32.2 Å². The Balaban J connectivity index is 1.94. The number of non-ortho nitro benzene ring substituents is 1. The lowest BCUT2D eigenvalue weighted by Gasteiger charge is -2.13.